The zero-order valence-corrected chi connectivity index (χ0v) is 7.17. The summed E-state index contributed by atoms with van der Waals surface area (Å²) in [6.07, 6.45) is 4.57. The quantitative estimate of drug-likeness (QED) is 0.451. The van der Waals surface area contributed by atoms with Crippen LogP contribution in [0.1, 0.15) is 13.3 Å². The monoisotopic (exact) mass is 163 g/mol. The summed E-state index contributed by atoms with van der Waals surface area (Å²) in [5, 5.41) is 1.10. The van der Waals surface area contributed by atoms with E-state index in [2.05, 4.69) is 11.9 Å². The first kappa shape index (κ1) is 9.05. The minimum atomic E-state index is 0.975. The van der Waals surface area contributed by atoms with Crippen LogP contribution in [0, 0.1) is 0 Å². The highest BCUT2D eigenvalue weighted by molar-refractivity contribution is 8.13. The highest BCUT2D eigenvalue weighted by Gasteiger charge is 1.86. The third-order valence-electron chi connectivity index (χ3n) is 0.813. The SMILES string of the molecule is CCC(=N/C=C/Cl)SC. The molecule has 0 heterocycles. The highest BCUT2D eigenvalue weighted by Crippen LogP contribution is 2.02. The molecule has 0 spiro atoms. The van der Waals surface area contributed by atoms with Crippen molar-refractivity contribution in [1.82, 2.24) is 0 Å². The molecule has 52 valence electrons. The number of rotatable bonds is 2. The highest BCUT2D eigenvalue weighted by atomic mass is 35.5. The molecule has 0 radical (unpaired) electrons. The summed E-state index contributed by atoms with van der Waals surface area (Å²) >= 11 is 6.91. The summed E-state index contributed by atoms with van der Waals surface area (Å²) in [5.41, 5.74) is 1.41. The summed E-state index contributed by atoms with van der Waals surface area (Å²) < 4.78 is 0. The van der Waals surface area contributed by atoms with Crippen LogP contribution in [0.2, 0.25) is 0 Å². The molecule has 0 N–H and O–H groups in total. The van der Waals surface area contributed by atoms with Crippen molar-refractivity contribution in [1.29, 1.82) is 0 Å². The van der Waals surface area contributed by atoms with Crippen molar-refractivity contribution in [2.24, 2.45) is 4.99 Å². The number of halogens is 1. The largest absolute Gasteiger partial charge is 0.254 e. The zero-order valence-electron chi connectivity index (χ0n) is 5.60. The lowest BCUT2D eigenvalue weighted by molar-refractivity contribution is 1.30. The number of hydrogen-bond acceptors (Lipinski definition) is 2. The fraction of sp³-hybridized carbons (Fsp3) is 0.500. The Morgan fingerprint density at radius 3 is 2.78 bits per heavy atom. The van der Waals surface area contributed by atoms with Gasteiger partial charge in [0, 0.05) is 11.7 Å². The van der Waals surface area contributed by atoms with E-state index in [1.807, 2.05) is 6.26 Å². The molecule has 0 aliphatic rings. The number of thioether (sulfide) groups is 1. The average Bonchev–Trinajstić information content (AvgIpc) is 1.91. The van der Waals surface area contributed by atoms with E-state index in [0.717, 1.165) is 11.5 Å². The molecule has 0 amide bonds. The van der Waals surface area contributed by atoms with Gasteiger partial charge >= 0.3 is 0 Å². The first-order valence-electron chi connectivity index (χ1n) is 2.71. The van der Waals surface area contributed by atoms with Crippen LogP contribution in [0.4, 0.5) is 0 Å². The van der Waals surface area contributed by atoms with Gasteiger partial charge in [0.15, 0.2) is 0 Å². The minimum Gasteiger partial charge on any atom is -0.254 e. The Hall–Kier alpha value is 0.0500. The van der Waals surface area contributed by atoms with Crippen molar-refractivity contribution in [3.63, 3.8) is 0 Å². The zero-order chi connectivity index (χ0) is 7.11. The predicted octanol–water partition coefficient (Wildman–Crippen LogP) is 2.87. The molecule has 1 nitrogen and oxygen atoms in total. The summed E-state index contributed by atoms with van der Waals surface area (Å²) in [4.78, 5) is 4.05. The van der Waals surface area contributed by atoms with E-state index in [-0.39, 0.29) is 0 Å². The number of aliphatic imine (C=N–C) groups is 1. The molecule has 0 aliphatic carbocycles. The molecule has 0 saturated heterocycles. The van der Waals surface area contributed by atoms with Gasteiger partial charge in [-0.05, 0) is 12.7 Å². The standard InChI is InChI=1S/C6H10ClNS/c1-3-6(9-2)8-5-4-7/h4-5H,3H2,1-2H3/b5-4+,8-6?. The molecule has 0 saturated carbocycles. The van der Waals surface area contributed by atoms with Gasteiger partial charge in [0.1, 0.15) is 0 Å². The van der Waals surface area contributed by atoms with Gasteiger partial charge in [0.2, 0.25) is 0 Å². The van der Waals surface area contributed by atoms with Crippen molar-refractivity contribution in [2.45, 2.75) is 13.3 Å². The van der Waals surface area contributed by atoms with E-state index in [4.69, 9.17) is 11.6 Å². The van der Waals surface area contributed by atoms with Crippen LogP contribution >= 0.6 is 23.4 Å². The maximum absolute atomic E-state index is 5.26. The van der Waals surface area contributed by atoms with Crippen molar-refractivity contribution in [2.75, 3.05) is 6.26 Å². The smallest absolute Gasteiger partial charge is 0.0726 e. The van der Waals surface area contributed by atoms with Crippen LogP contribution in [0.5, 0.6) is 0 Å². The van der Waals surface area contributed by atoms with Crippen LogP contribution in [0.15, 0.2) is 16.7 Å². The van der Waals surface area contributed by atoms with Gasteiger partial charge < -0.3 is 0 Å². The van der Waals surface area contributed by atoms with Gasteiger partial charge in [0.05, 0.1) is 5.04 Å². The van der Waals surface area contributed by atoms with E-state index in [0.29, 0.717) is 0 Å². The molecule has 0 rings (SSSR count). The fourth-order valence-electron chi connectivity index (χ4n) is 0.400. The second-order valence-electron chi connectivity index (χ2n) is 1.36. The van der Waals surface area contributed by atoms with Crippen molar-refractivity contribution in [3.8, 4) is 0 Å². The lowest BCUT2D eigenvalue weighted by atomic mass is 10.5. The van der Waals surface area contributed by atoms with Gasteiger partial charge in [-0.15, -0.1) is 11.8 Å². The van der Waals surface area contributed by atoms with Gasteiger partial charge in [-0.3, -0.25) is 4.99 Å². The molecule has 0 unspecified atom stereocenters. The van der Waals surface area contributed by atoms with Gasteiger partial charge in [0.25, 0.3) is 0 Å². The molecule has 0 bridgehead atoms. The first-order valence-corrected chi connectivity index (χ1v) is 4.37. The number of nitrogens with zero attached hydrogens (tertiary/aromatic N) is 1. The lowest BCUT2D eigenvalue weighted by Gasteiger charge is -1.92. The summed E-state index contributed by atoms with van der Waals surface area (Å²) in [6, 6.07) is 0. The van der Waals surface area contributed by atoms with Crippen LogP contribution in [-0.2, 0) is 0 Å². The lowest BCUT2D eigenvalue weighted by Crippen LogP contribution is -1.84. The number of hydrogen-bond donors (Lipinski definition) is 0. The molecule has 3 heteroatoms. The molecule has 0 aromatic heterocycles. The third kappa shape index (κ3) is 4.55. The third-order valence-corrected chi connectivity index (χ3v) is 1.79. The van der Waals surface area contributed by atoms with Gasteiger partial charge in [-0.25, -0.2) is 0 Å². The maximum Gasteiger partial charge on any atom is 0.0726 e. The van der Waals surface area contributed by atoms with E-state index in [1.54, 1.807) is 18.0 Å². The first-order chi connectivity index (χ1) is 4.35. The Kier molecular flexibility index (Phi) is 6.21. The minimum absolute atomic E-state index is 0.975. The summed E-state index contributed by atoms with van der Waals surface area (Å²) in [5.74, 6) is 0. The van der Waals surface area contributed by atoms with E-state index < -0.39 is 0 Å². The molecule has 0 aliphatic heterocycles. The Labute approximate surface area is 65.2 Å². The normalized spacial score (nSPS) is 13.0. The van der Waals surface area contributed by atoms with Crippen LogP contribution < -0.4 is 0 Å². The second kappa shape index (κ2) is 6.17. The Morgan fingerprint density at radius 2 is 2.44 bits per heavy atom. The van der Waals surface area contributed by atoms with Crippen molar-refractivity contribution >= 4 is 28.4 Å². The molecule has 9 heavy (non-hydrogen) atoms. The maximum atomic E-state index is 5.26. The fourth-order valence-corrected chi connectivity index (χ4v) is 0.911. The Morgan fingerprint density at radius 1 is 1.78 bits per heavy atom. The van der Waals surface area contributed by atoms with E-state index in [9.17, 15) is 0 Å². The topological polar surface area (TPSA) is 12.4 Å². The molecule has 0 aromatic rings. The van der Waals surface area contributed by atoms with Crippen LogP contribution in [0.25, 0.3) is 0 Å². The van der Waals surface area contributed by atoms with E-state index in [1.165, 1.54) is 5.54 Å². The van der Waals surface area contributed by atoms with Crippen molar-refractivity contribution < 1.29 is 0 Å². The molecular weight excluding hydrogens is 154 g/mol. The summed E-state index contributed by atoms with van der Waals surface area (Å²) in [6.45, 7) is 2.07. The molecule has 0 aromatic carbocycles. The Balaban J connectivity index is 3.75. The second-order valence-corrected chi connectivity index (χ2v) is 2.49. The van der Waals surface area contributed by atoms with Crippen LogP contribution in [-0.4, -0.2) is 11.3 Å². The molecular formula is C6H10ClNS. The average molecular weight is 164 g/mol. The van der Waals surface area contributed by atoms with Gasteiger partial charge in [-0.2, -0.15) is 0 Å². The molecule has 0 atom stereocenters. The molecule has 0 fully saturated rings. The van der Waals surface area contributed by atoms with Gasteiger partial charge in [-0.1, -0.05) is 18.5 Å². The predicted molar refractivity (Wildman–Crippen MR) is 46.2 cm³/mol. The van der Waals surface area contributed by atoms with E-state index >= 15 is 0 Å². The van der Waals surface area contributed by atoms with Crippen LogP contribution in [0.3, 0.4) is 0 Å². The Bertz CT molecular complexity index is 114. The van der Waals surface area contributed by atoms with Crippen molar-refractivity contribution in [3.05, 3.63) is 11.7 Å². The summed E-state index contributed by atoms with van der Waals surface area (Å²) in [7, 11) is 0.